The summed E-state index contributed by atoms with van der Waals surface area (Å²) in [4.78, 5) is 21.7. The summed E-state index contributed by atoms with van der Waals surface area (Å²) in [7, 11) is -3.61. The Morgan fingerprint density at radius 3 is 2.76 bits per heavy atom. The number of aliphatic hydroxyl groups excluding tert-OH is 1. The quantitative estimate of drug-likeness (QED) is 0.489. The number of nitrogens with zero attached hydrogens (tertiary/aromatic N) is 6. The van der Waals surface area contributed by atoms with Crippen LogP contribution < -0.4 is 4.90 Å². The number of carbonyl (C=O) groups is 1. The van der Waals surface area contributed by atoms with Gasteiger partial charge in [-0.3, -0.25) is 4.79 Å². The molecule has 38 heavy (non-hydrogen) atoms. The van der Waals surface area contributed by atoms with Gasteiger partial charge in [0.25, 0.3) is 5.91 Å². The number of aryl methyl sites for hydroxylation is 1. The lowest BCUT2D eigenvalue weighted by molar-refractivity contribution is 0.0600. The topological polar surface area (TPSA) is 132 Å². The monoisotopic (exact) mass is 540 g/mol. The summed E-state index contributed by atoms with van der Waals surface area (Å²) >= 11 is 0. The van der Waals surface area contributed by atoms with Crippen molar-refractivity contribution in [3.63, 3.8) is 0 Å². The van der Waals surface area contributed by atoms with Crippen molar-refractivity contribution in [1.29, 1.82) is 5.26 Å². The smallest absolute Gasteiger partial charge is 0.257 e. The number of β-amino-alcohol motifs (C(OH)–C–C–N with tert-alkyl or cyclic N) is 1. The van der Waals surface area contributed by atoms with Gasteiger partial charge in [0.05, 0.1) is 46.0 Å². The van der Waals surface area contributed by atoms with Crippen LogP contribution in [-0.4, -0.2) is 70.4 Å². The van der Waals surface area contributed by atoms with Crippen LogP contribution in [0.5, 0.6) is 0 Å². The molecule has 0 bridgehead atoms. The van der Waals surface area contributed by atoms with E-state index in [4.69, 9.17) is 4.98 Å². The molecule has 2 aliphatic heterocycles. The van der Waals surface area contributed by atoms with Gasteiger partial charge in [0.1, 0.15) is 11.6 Å². The number of aliphatic hydroxyl groups is 1. The number of rotatable bonds is 5. The molecule has 1 amide bonds. The maximum Gasteiger partial charge on any atom is 0.257 e. The molecule has 1 aromatic carbocycles. The van der Waals surface area contributed by atoms with Crippen LogP contribution in [0.2, 0.25) is 0 Å². The predicted octanol–water partition coefficient (Wildman–Crippen LogP) is 2.66. The van der Waals surface area contributed by atoms with E-state index in [-0.39, 0.29) is 16.2 Å². The van der Waals surface area contributed by atoms with Gasteiger partial charge in [-0.2, -0.15) is 10.4 Å². The van der Waals surface area contributed by atoms with Gasteiger partial charge in [-0.25, -0.2) is 22.3 Å². The number of halogens is 1. The van der Waals surface area contributed by atoms with Gasteiger partial charge < -0.3 is 14.9 Å². The number of sulfone groups is 1. The molecule has 3 aromatic rings. The Balaban J connectivity index is 1.48. The van der Waals surface area contributed by atoms with E-state index in [9.17, 15) is 28.0 Å². The van der Waals surface area contributed by atoms with Gasteiger partial charge in [0.2, 0.25) is 0 Å². The Morgan fingerprint density at radius 2 is 2.05 bits per heavy atom. The molecule has 3 unspecified atom stereocenters. The van der Waals surface area contributed by atoms with E-state index in [1.165, 1.54) is 13.0 Å². The number of benzene rings is 1. The first-order valence-electron chi connectivity index (χ1n) is 12.7. The summed E-state index contributed by atoms with van der Waals surface area (Å²) in [6.07, 6.45) is 3.29. The van der Waals surface area contributed by atoms with E-state index < -0.39 is 39.6 Å². The van der Waals surface area contributed by atoms with Gasteiger partial charge in [0, 0.05) is 37.5 Å². The van der Waals surface area contributed by atoms with Crippen LogP contribution in [0.25, 0.3) is 5.65 Å². The van der Waals surface area contributed by atoms with Gasteiger partial charge in [-0.1, -0.05) is 6.92 Å². The molecule has 3 atom stereocenters. The molecule has 2 aromatic heterocycles. The molecule has 2 aliphatic rings. The molecule has 0 spiro atoms. The Labute approximate surface area is 220 Å². The lowest BCUT2D eigenvalue weighted by Gasteiger charge is -2.35. The van der Waals surface area contributed by atoms with Crippen molar-refractivity contribution in [3.8, 4) is 6.07 Å². The first kappa shape index (κ1) is 26.1. The lowest BCUT2D eigenvalue weighted by atomic mass is 9.98. The molecule has 2 fully saturated rings. The second kappa shape index (κ2) is 9.96. The highest BCUT2D eigenvalue weighted by molar-refractivity contribution is 7.91. The largest absolute Gasteiger partial charge is 0.390 e. The molecule has 0 radical (unpaired) electrons. The van der Waals surface area contributed by atoms with Crippen LogP contribution in [0.4, 0.5) is 10.2 Å². The minimum atomic E-state index is -3.61. The zero-order chi connectivity index (χ0) is 27.2. The number of likely N-dealkylation sites (tertiary alicyclic amines) is 1. The van der Waals surface area contributed by atoms with E-state index in [2.05, 4.69) is 11.2 Å². The minimum Gasteiger partial charge on any atom is -0.390 e. The van der Waals surface area contributed by atoms with Crippen LogP contribution in [0.3, 0.4) is 0 Å². The second-order valence-corrected chi connectivity index (χ2v) is 12.2. The zero-order valence-corrected chi connectivity index (χ0v) is 22.0. The van der Waals surface area contributed by atoms with Gasteiger partial charge >= 0.3 is 0 Å². The van der Waals surface area contributed by atoms with Crippen molar-refractivity contribution in [2.75, 3.05) is 30.3 Å². The zero-order valence-electron chi connectivity index (χ0n) is 21.2. The fraction of sp³-hybridized carbons (Fsp3) is 0.462. The maximum atomic E-state index is 14.8. The molecular formula is C26H29FN6O4S. The maximum absolute atomic E-state index is 14.8. The highest BCUT2D eigenvalue weighted by Crippen LogP contribution is 2.34. The fourth-order valence-electron chi connectivity index (χ4n) is 5.25. The number of hydrogen-bond acceptors (Lipinski definition) is 8. The number of nitriles is 1. The van der Waals surface area contributed by atoms with Crippen molar-refractivity contribution in [2.45, 2.75) is 50.2 Å². The molecule has 2 saturated heterocycles. The summed E-state index contributed by atoms with van der Waals surface area (Å²) in [5, 5.41) is 24.1. The molecule has 12 heteroatoms. The lowest BCUT2D eigenvalue weighted by Crippen LogP contribution is -2.39. The normalized spacial score (nSPS) is 22.1. The number of hydrogen-bond donors (Lipinski definition) is 1. The molecule has 1 N–H and O–H groups in total. The fourth-order valence-corrected chi connectivity index (χ4v) is 6.16. The number of fused-ring (bicyclic) bond motifs is 1. The molecule has 0 saturated carbocycles. The highest BCUT2D eigenvalue weighted by atomic mass is 32.2. The number of piperidine rings is 1. The van der Waals surface area contributed by atoms with Crippen molar-refractivity contribution in [3.05, 3.63) is 53.1 Å². The van der Waals surface area contributed by atoms with Gasteiger partial charge in [-0.05, 0) is 44.4 Å². The second-order valence-electron chi connectivity index (χ2n) is 9.88. The number of carbonyl (C=O) groups excluding carboxylic acids is 1. The average molecular weight is 541 g/mol. The number of anilines is 1. The summed E-state index contributed by atoms with van der Waals surface area (Å²) < 4.78 is 41.1. The van der Waals surface area contributed by atoms with Crippen molar-refractivity contribution in [2.24, 2.45) is 5.92 Å². The van der Waals surface area contributed by atoms with Gasteiger partial charge in [0.15, 0.2) is 15.5 Å². The molecule has 0 aliphatic carbocycles. The van der Waals surface area contributed by atoms with E-state index >= 15 is 0 Å². The van der Waals surface area contributed by atoms with Crippen molar-refractivity contribution < 1.29 is 22.7 Å². The Hall–Kier alpha value is -3.56. The van der Waals surface area contributed by atoms with Crippen LogP contribution in [0, 0.1) is 30.0 Å². The van der Waals surface area contributed by atoms with Crippen molar-refractivity contribution in [1.82, 2.24) is 19.5 Å². The highest BCUT2D eigenvalue weighted by Gasteiger charge is 2.34. The number of aromatic nitrogens is 3. The third kappa shape index (κ3) is 4.61. The molecular weight excluding hydrogens is 511 g/mol. The molecule has 200 valence electrons. The summed E-state index contributed by atoms with van der Waals surface area (Å²) in [6.45, 7) is 4.46. The van der Waals surface area contributed by atoms with E-state index in [0.717, 1.165) is 30.5 Å². The third-order valence-corrected chi connectivity index (χ3v) is 9.12. The van der Waals surface area contributed by atoms with Crippen molar-refractivity contribution >= 4 is 27.2 Å². The summed E-state index contributed by atoms with van der Waals surface area (Å²) in [6, 6.07) is 6.84. The van der Waals surface area contributed by atoms with E-state index in [1.807, 2.05) is 18.0 Å². The summed E-state index contributed by atoms with van der Waals surface area (Å²) in [5.41, 5.74) is 1.71. The van der Waals surface area contributed by atoms with Crippen LogP contribution >= 0.6 is 0 Å². The van der Waals surface area contributed by atoms with Crippen LogP contribution in [-0.2, 0) is 9.84 Å². The first-order chi connectivity index (χ1) is 18.1. The summed E-state index contributed by atoms with van der Waals surface area (Å²) in [5.74, 6) is -1.32. The number of amides is 1. The van der Waals surface area contributed by atoms with E-state index in [1.54, 1.807) is 15.5 Å². The average Bonchev–Trinajstić information content (AvgIpc) is 3.50. The SMILES string of the molecule is CCS(=O)(=O)c1ccc(F)c(C(=O)N2CCCCC2c2cc3nc(N4CC(O)C(C#N)C4)c(C)cn3n2)c1. The molecule has 5 rings (SSSR count). The minimum absolute atomic E-state index is 0.0797. The Kier molecular flexibility index (Phi) is 6.83. The first-order valence-corrected chi connectivity index (χ1v) is 14.3. The Bertz CT molecular complexity index is 1550. The van der Waals surface area contributed by atoms with Crippen LogP contribution in [0.1, 0.15) is 53.8 Å². The molecule has 4 heterocycles. The van der Waals surface area contributed by atoms with E-state index in [0.29, 0.717) is 43.2 Å². The predicted molar refractivity (Wildman–Crippen MR) is 137 cm³/mol. The molecule has 10 nitrogen and oxygen atoms in total. The Morgan fingerprint density at radius 1 is 1.26 bits per heavy atom. The third-order valence-electron chi connectivity index (χ3n) is 7.39. The standard InChI is InChI=1S/C26H29FN6O4S/c1-3-38(36,37)18-7-8-20(27)19(10-18)26(35)32-9-5-4-6-22(32)21-11-24-29-25(16(2)13-33(24)30-21)31-14-17(12-28)23(34)15-31/h7-8,10-11,13,17,22-23,34H,3-6,9,14-15H2,1-2H3. The van der Waals surface area contributed by atoms with Crippen LogP contribution in [0.15, 0.2) is 35.4 Å². The van der Waals surface area contributed by atoms with Gasteiger partial charge in [-0.15, -0.1) is 0 Å².